The standard InChI is InChI=1S/C19H20N2O2S/c1-5-23-14-7-6-8-15-17(14)20-19(24-15)21-18(22)16-12(3)9-11(2)10-13(16)4/h6-10H,5H2,1-4H3,(H,20,21,22). The molecular formula is C19H20N2O2S. The van der Waals surface area contributed by atoms with Crippen molar-refractivity contribution in [2.75, 3.05) is 11.9 Å². The predicted molar refractivity (Wildman–Crippen MR) is 99.4 cm³/mol. The molecule has 2 aromatic carbocycles. The fraction of sp³-hybridized carbons (Fsp3) is 0.263. The van der Waals surface area contributed by atoms with Crippen LogP contribution in [0.15, 0.2) is 30.3 Å². The van der Waals surface area contributed by atoms with E-state index in [1.165, 1.54) is 11.3 Å². The summed E-state index contributed by atoms with van der Waals surface area (Å²) in [7, 11) is 0. The highest BCUT2D eigenvalue weighted by Gasteiger charge is 2.16. The second-order valence-corrected chi connectivity index (χ2v) is 6.81. The Balaban J connectivity index is 1.93. The maximum atomic E-state index is 12.7. The van der Waals surface area contributed by atoms with E-state index in [0.717, 1.165) is 32.7 Å². The summed E-state index contributed by atoms with van der Waals surface area (Å²) in [4.78, 5) is 17.2. The van der Waals surface area contributed by atoms with Crippen molar-refractivity contribution in [2.45, 2.75) is 27.7 Å². The van der Waals surface area contributed by atoms with Crippen LogP contribution in [-0.4, -0.2) is 17.5 Å². The second-order valence-electron chi connectivity index (χ2n) is 5.78. The predicted octanol–water partition coefficient (Wildman–Crippen LogP) is 4.87. The van der Waals surface area contributed by atoms with Crippen LogP contribution in [0, 0.1) is 20.8 Å². The Kier molecular flexibility index (Phi) is 4.53. The molecule has 1 aromatic heterocycles. The molecule has 24 heavy (non-hydrogen) atoms. The van der Waals surface area contributed by atoms with Gasteiger partial charge in [-0.25, -0.2) is 4.98 Å². The highest BCUT2D eigenvalue weighted by molar-refractivity contribution is 7.22. The summed E-state index contributed by atoms with van der Waals surface area (Å²) in [6.45, 7) is 8.47. The van der Waals surface area contributed by atoms with Gasteiger partial charge in [-0.1, -0.05) is 35.1 Å². The van der Waals surface area contributed by atoms with Gasteiger partial charge in [-0.2, -0.15) is 0 Å². The van der Waals surface area contributed by atoms with Gasteiger partial charge < -0.3 is 4.74 Å². The van der Waals surface area contributed by atoms with Crippen LogP contribution in [0.3, 0.4) is 0 Å². The van der Waals surface area contributed by atoms with Gasteiger partial charge in [0.1, 0.15) is 11.3 Å². The molecule has 0 spiro atoms. The monoisotopic (exact) mass is 340 g/mol. The lowest BCUT2D eigenvalue weighted by molar-refractivity contribution is 0.102. The molecule has 0 atom stereocenters. The molecule has 1 N–H and O–H groups in total. The van der Waals surface area contributed by atoms with Crippen molar-refractivity contribution >= 4 is 32.6 Å². The number of ether oxygens (including phenoxy) is 1. The van der Waals surface area contributed by atoms with Crippen molar-refractivity contribution in [1.82, 2.24) is 4.98 Å². The van der Waals surface area contributed by atoms with Crippen molar-refractivity contribution in [3.8, 4) is 5.75 Å². The van der Waals surface area contributed by atoms with Gasteiger partial charge in [-0.3, -0.25) is 10.1 Å². The van der Waals surface area contributed by atoms with Crippen LogP contribution in [0.1, 0.15) is 34.0 Å². The first-order valence-corrected chi connectivity index (χ1v) is 8.72. The maximum Gasteiger partial charge on any atom is 0.257 e. The van der Waals surface area contributed by atoms with E-state index in [1.807, 2.05) is 58.0 Å². The smallest absolute Gasteiger partial charge is 0.257 e. The normalized spacial score (nSPS) is 10.8. The van der Waals surface area contributed by atoms with Crippen molar-refractivity contribution in [3.05, 3.63) is 52.6 Å². The van der Waals surface area contributed by atoms with Gasteiger partial charge in [0.05, 0.1) is 11.3 Å². The molecule has 0 unspecified atom stereocenters. The largest absolute Gasteiger partial charge is 0.492 e. The zero-order valence-electron chi connectivity index (χ0n) is 14.3. The third-order valence-electron chi connectivity index (χ3n) is 3.81. The van der Waals surface area contributed by atoms with E-state index in [0.29, 0.717) is 17.3 Å². The van der Waals surface area contributed by atoms with Gasteiger partial charge in [0, 0.05) is 5.56 Å². The summed E-state index contributed by atoms with van der Waals surface area (Å²) in [6.07, 6.45) is 0. The number of nitrogens with one attached hydrogen (secondary N) is 1. The highest BCUT2D eigenvalue weighted by atomic mass is 32.1. The fourth-order valence-corrected chi connectivity index (χ4v) is 3.82. The van der Waals surface area contributed by atoms with E-state index < -0.39 is 0 Å². The minimum absolute atomic E-state index is 0.123. The molecule has 5 heteroatoms. The third-order valence-corrected chi connectivity index (χ3v) is 4.74. The molecule has 0 saturated carbocycles. The van der Waals surface area contributed by atoms with Gasteiger partial charge in [0.2, 0.25) is 0 Å². The van der Waals surface area contributed by atoms with Crippen LogP contribution in [0.5, 0.6) is 5.75 Å². The molecule has 0 bridgehead atoms. The first-order valence-electron chi connectivity index (χ1n) is 7.91. The van der Waals surface area contributed by atoms with Gasteiger partial charge in [-0.05, 0) is 51.0 Å². The lowest BCUT2D eigenvalue weighted by Crippen LogP contribution is -2.15. The number of rotatable bonds is 4. The molecule has 0 fully saturated rings. The third kappa shape index (κ3) is 3.12. The highest BCUT2D eigenvalue weighted by Crippen LogP contribution is 2.32. The van der Waals surface area contributed by atoms with Gasteiger partial charge in [0.25, 0.3) is 5.91 Å². The zero-order valence-corrected chi connectivity index (χ0v) is 15.1. The molecule has 1 amide bonds. The lowest BCUT2D eigenvalue weighted by Gasteiger charge is -2.10. The second kappa shape index (κ2) is 6.61. The first kappa shape index (κ1) is 16.5. The average Bonchev–Trinajstić information content (AvgIpc) is 2.89. The fourth-order valence-electron chi connectivity index (χ4n) is 2.95. The Hall–Kier alpha value is -2.40. The van der Waals surface area contributed by atoms with Gasteiger partial charge >= 0.3 is 0 Å². The summed E-state index contributed by atoms with van der Waals surface area (Å²) in [5.41, 5.74) is 4.60. The Morgan fingerprint density at radius 1 is 1.21 bits per heavy atom. The van der Waals surface area contributed by atoms with E-state index >= 15 is 0 Å². The van der Waals surface area contributed by atoms with E-state index in [-0.39, 0.29) is 5.91 Å². The number of carbonyl (C=O) groups excluding carboxylic acids is 1. The van der Waals surface area contributed by atoms with Gasteiger partial charge in [0.15, 0.2) is 5.13 Å². The number of aromatic nitrogens is 1. The number of hydrogen-bond acceptors (Lipinski definition) is 4. The maximum absolute atomic E-state index is 12.7. The van der Waals surface area contributed by atoms with Crippen LogP contribution in [-0.2, 0) is 0 Å². The van der Waals surface area contributed by atoms with E-state index in [4.69, 9.17) is 4.74 Å². The Morgan fingerprint density at radius 3 is 2.58 bits per heavy atom. The number of anilines is 1. The van der Waals surface area contributed by atoms with Crippen LogP contribution in [0.4, 0.5) is 5.13 Å². The van der Waals surface area contributed by atoms with Gasteiger partial charge in [-0.15, -0.1) is 0 Å². The van der Waals surface area contributed by atoms with Crippen molar-refractivity contribution in [2.24, 2.45) is 0 Å². The number of hydrogen-bond donors (Lipinski definition) is 1. The van der Waals surface area contributed by atoms with Crippen LogP contribution in [0.2, 0.25) is 0 Å². The van der Waals surface area contributed by atoms with Crippen molar-refractivity contribution in [1.29, 1.82) is 0 Å². The van der Waals surface area contributed by atoms with Crippen molar-refractivity contribution in [3.63, 3.8) is 0 Å². The van der Waals surface area contributed by atoms with E-state index in [9.17, 15) is 4.79 Å². The molecule has 0 radical (unpaired) electrons. The lowest BCUT2D eigenvalue weighted by atomic mass is 9.99. The topological polar surface area (TPSA) is 51.2 Å². The number of thiazole rings is 1. The molecule has 0 aliphatic heterocycles. The van der Waals surface area contributed by atoms with Crippen LogP contribution >= 0.6 is 11.3 Å². The molecule has 0 aliphatic carbocycles. The minimum atomic E-state index is -0.123. The van der Waals surface area contributed by atoms with Crippen molar-refractivity contribution < 1.29 is 9.53 Å². The molecule has 3 aromatic rings. The number of fused-ring (bicyclic) bond motifs is 1. The minimum Gasteiger partial charge on any atom is -0.492 e. The molecule has 124 valence electrons. The number of nitrogens with zero attached hydrogens (tertiary/aromatic N) is 1. The Labute approximate surface area is 145 Å². The number of para-hydroxylation sites is 1. The summed E-state index contributed by atoms with van der Waals surface area (Å²) < 4.78 is 6.60. The van der Waals surface area contributed by atoms with E-state index in [2.05, 4.69) is 10.3 Å². The molecule has 3 rings (SSSR count). The molecular weight excluding hydrogens is 320 g/mol. The number of aryl methyl sites for hydroxylation is 3. The van der Waals surface area contributed by atoms with Crippen LogP contribution < -0.4 is 10.1 Å². The number of amides is 1. The summed E-state index contributed by atoms with van der Waals surface area (Å²) in [5.74, 6) is 0.622. The zero-order chi connectivity index (χ0) is 17.3. The summed E-state index contributed by atoms with van der Waals surface area (Å²) in [6, 6.07) is 9.85. The first-order chi connectivity index (χ1) is 11.5. The number of carbonyl (C=O) groups is 1. The molecule has 1 heterocycles. The van der Waals surface area contributed by atoms with Crippen LogP contribution in [0.25, 0.3) is 10.2 Å². The van der Waals surface area contributed by atoms with E-state index in [1.54, 1.807) is 0 Å². The Morgan fingerprint density at radius 2 is 1.92 bits per heavy atom. The molecule has 4 nitrogen and oxygen atoms in total. The SMILES string of the molecule is CCOc1cccc2sc(NC(=O)c3c(C)cc(C)cc3C)nc12. The summed E-state index contributed by atoms with van der Waals surface area (Å²) >= 11 is 1.45. The molecule has 0 saturated heterocycles. The average molecular weight is 340 g/mol. The number of benzene rings is 2. The summed E-state index contributed by atoms with van der Waals surface area (Å²) in [5, 5.41) is 3.52. The quantitative estimate of drug-likeness (QED) is 0.737. The Bertz CT molecular complexity index is 892. The molecule has 0 aliphatic rings.